The minimum Gasteiger partial charge on any atom is -0.504 e. The number of hydrogen-bond acceptors (Lipinski definition) is 9. The molecule has 0 unspecified atom stereocenters. The third kappa shape index (κ3) is 5.76. The zero-order chi connectivity index (χ0) is 24.8. The van der Waals surface area contributed by atoms with Gasteiger partial charge in [0.15, 0.2) is 16.7 Å². The first-order chi connectivity index (χ1) is 16.9. The lowest BCUT2D eigenvalue weighted by molar-refractivity contribution is -0.384. The number of amidine groups is 1. The number of nitro benzene ring substituents is 1. The topological polar surface area (TPSA) is 131 Å². The number of phenolic OH excluding ortho intramolecular Hbond substituents is 1. The van der Waals surface area contributed by atoms with Crippen LogP contribution in [0.1, 0.15) is 23.8 Å². The number of amides is 1. The number of ether oxygens (including phenoxy) is 1. The van der Waals surface area contributed by atoms with Crippen LogP contribution in [0.15, 0.2) is 80.4 Å². The number of aromatic hydroxyl groups is 1. The average Bonchev–Trinajstić information content (AvgIpc) is 3.46. The molecule has 3 aromatic rings. The molecular weight excluding hydrogens is 472 g/mol. The molecule has 0 radical (unpaired) electrons. The van der Waals surface area contributed by atoms with E-state index >= 15 is 0 Å². The van der Waals surface area contributed by atoms with Gasteiger partial charge in [0.05, 0.1) is 35.5 Å². The second-order valence-corrected chi connectivity index (χ2v) is 8.23. The Labute approximate surface area is 204 Å². The predicted molar refractivity (Wildman–Crippen MR) is 132 cm³/mol. The van der Waals surface area contributed by atoms with Crippen LogP contribution in [-0.4, -0.2) is 38.8 Å². The van der Waals surface area contributed by atoms with Gasteiger partial charge in [-0.05, 0) is 54.6 Å². The molecule has 1 saturated heterocycles. The largest absolute Gasteiger partial charge is 0.504 e. The number of hydrogen-bond donors (Lipinski definition) is 1. The number of furan rings is 1. The third-order valence-corrected chi connectivity index (χ3v) is 5.79. The first kappa shape index (κ1) is 23.8. The van der Waals surface area contributed by atoms with Gasteiger partial charge in [-0.3, -0.25) is 19.8 Å². The summed E-state index contributed by atoms with van der Waals surface area (Å²) in [5, 5.41) is 29.5. The summed E-state index contributed by atoms with van der Waals surface area (Å²) in [6.45, 7) is 2.35. The maximum atomic E-state index is 13.2. The number of phenols is 1. The van der Waals surface area contributed by atoms with E-state index in [4.69, 9.17) is 9.15 Å². The Morgan fingerprint density at radius 1 is 1.20 bits per heavy atom. The number of carbonyl (C=O) groups is 1. The molecule has 11 heteroatoms. The highest BCUT2D eigenvalue weighted by Crippen LogP contribution is 2.35. The van der Waals surface area contributed by atoms with Crippen molar-refractivity contribution < 1.29 is 24.0 Å². The fraction of sp³-hybridized carbons (Fsp3) is 0.125. The summed E-state index contributed by atoms with van der Waals surface area (Å²) in [5.41, 5.74) is 1.11. The number of rotatable bonds is 8. The van der Waals surface area contributed by atoms with Crippen LogP contribution in [0.25, 0.3) is 6.08 Å². The van der Waals surface area contributed by atoms with Gasteiger partial charge in [0.2, 0.25) is 0 Å². The minimum absolute atomic E-state index is 0.0107. The molecule has 1 aliphatic heterocycles. The molecule has 2 heterocycles. The van der Waals surface area contributed by atoms with E-state index in [0.29, 0.717) is 39.3 Å². The molecule has 35 heavy (non-hydrogen) atoms. The molecule has 2 aromatic carbocycles. The van der Waals surface area contributed by atoms with Crippen LogP contribution >= 0.6 is 11.8 Å². The lowest BCUT2D eigenvalue weighted by Gasteiger charge is -2.12. The van der Waals surface area contributed by atoms with Crippen molar-refractivity contribution >= 4 is 40.8 Å². The van der Waals surface area contributed by atoms with Crippen LogP contribution in [-0.2, 0) is 11.3 Å². The van der Waals surface area contributed by atoms with E-state index in [1.54, 1.807) is 42.5 Å². The van der Waals surface area contributed by atoms with Crippen molar-refractivity contribution in [2.45, 2.75) is 13.5 Å². The molecule has 0 spiro atoms. The zero-order valence-electron chi connectivity index (χ0n) is 18.5. The van der Waals surface area contributed by atoms with Gasteiger partial charge in [0.1, 0.15) is 5.76 Å². The van der Waals surface area contributed by atoms with E-state index in [9.17, 15) is 20.0 Å². The van der Waals surface area contributed by atoms with Crippen LogP contribution in [0.3, 0.4) is 0 Å². The molecule has 1 aliphatic rings. The summed E-state index contributed by atoms with van der Waals surface area (Å²) >= 11 is 1.13. The van der Waals surface area contributed by atoms with Crippen LogP contribution in [0.4, 0.5) is 5.69 Å². The van der Waals surface area contributed by atoms with Crippen molar-refractivity contribution in [2.24, 2.45) is 10.2 Å². The van der Waals surface area contributed by atoms with Crippen LogP contribution < -0.4 is 4.74 Å². The van der Waals surface area contributed by atoms with Crippen molar-refractivity contribution in [3.63, 3.8) is 0 Å². The van der Waals surface area contributed by atoms with E-state index < -0.39 is 4.92 Å². The van der Waals surface area contributed by atoms with Gasteiger partial charge in [-0.15, -0.1) is 5.10 Å². The summed E-state index contributed by atoms with van der Waals surface area (Å²) in [6, 6.07) is 14.3. The second-order valence-electron chi connectivity index (χ2n) is 7.22. The minimum atomic E-state index is -0.489. The number of nitrogens with zero attached hydrogens (tertiary/aromatic N) is 4. The molecule has 0 bridgehead atoms. The SMILES string of the molecule is CCOc1cc(/C=C2\S/C(=N/N=C\c3cccc([N+](=O)[O-])c3)N(Cc3ccco3)C2=O)ccc1O. The Kier molecular flexibility index (Phi) is 7.27. The van der Waals surface area contributed by atoms with Gasteiger partial charge < -0.3 is 14.3 Å². The maximum Gasteiger partial charge on any atom is 0.270 e. The van der Waals surface area contributed by atoms with Crippen LogP contribution in [0.2, 0.25) is 0 Å². The van der Waals surface area contributed by atoms with Crippen LogP contribution in [0, 0.1) is 10.1 Å². The molecule has 0 atom stereocenters. The number of benzene rings is 2. The molecule has 0 aliphatic carbocycles. The second kappa shape index (κ2) is 10.7. The van der Waals surface area contributed by atoms with E-state index in [1.807, 2.05) is 6.92 Å². The van der Waals surface area contributed by atoms with Crippen molar-refractivity contribution in [2.75, 3.05) is 6.61 Å². The lowest BCUT2D eigenvalue weighted by Crippen LogP contribution is -2.28. The molecule has 1 N–H and O–H groups in total. The highest BCUT2D eigenvalue weighted by Gasteiger charge is 2.34. The molecule has 178 valence electrons. The van der Waals surface area contributed by atoms with Gasteiger partial charge in [-0.2, -0.15) is 5.10 Å². The monoisotopic (exact) mass is 492 g/mol. The normalized spacial score (nSPS) is 16.0. The molecule has 1 aromatic heterocycles. The van der Waals surface area contributed by atoms with Gasteiger partial charge in [0, 0.05) is 17.7 Å². The molecule has 0 saturated carbocycles. The molecular formula is C24H20N4O6S. The Morgan fingerprint density at radius 3 is 2.80 bits per heavy atom. The summed E-state index contributed by atoms with van der Waals surface area (Å²) in [7, 11) is 0. The maximum absolute atomic E-state index is 13.2. The van der Waals surface area contributed by atoms with Crippen molar-refractivity contribution in [3.8, 4) is 11.5 Å². The van der Waals surface area contributed by atoms with Gasteiger partial charge in [-0.25, -0.2) is 0 Å². The third-order valence-electron chi connectivity index (χ3n) is 4.79. The highest BCUT2D eigenvalue weighted by molar-refractivity contribution is 8.18. The molecule has 1 fully saturated rings. The van der Waals surface area contributed by atoms with E-state index in [2.05, 4.69) is 10.2 Å². The van der Waals surface area contributed by atoms with Crippen molar-refractivity contribution in [1.82, 2.24) is 4.90 Å². The van der Waals surface area contributed by atoms with Gasteiger partial charge in [0.25, 0.3) is 11.6 Å². The summed E-state index contributed by atoms with van der Waals surface area (Å²) in [6.07, 6.45) is 4.58. The first-order valence-electron chi connectivity index (χ1n) is 10.5. The molecule has 1 amide bonds. The number of nitro groups is 1. The average molecular weight is 493 g/mol. The Bertz CT molecular complexity index is 1330. The smallest absolute Gasteiger partial charge is 0.270 e. The Morgan fingerprint density at radius 2 is 2.06 bits per heavy atom. The highest BCUT2D eigenvalue weighted by atomic mass is 32.2. The van der Waals surface area contributed by atoms with Gasteiger partial charge in [-0.1, -0.05) is 18.2 Å². The number of non-ortho nitro benzene ring substituents is 1. The van der Waals surface area contributed by atoms with E-state index in [-0.39, 0.29) is 23.9 Å². The molecule has 10 nitrogen and oxygen atoms in total. The van der Waals surface area contributed by atoms with Crippen molar-refractivity contribution in [1.29, 1.82) is 0 Å². The zero-order valence-corrected chi connectivity index (χ0v) is 19.3. The van der Waals surface area contributed by atoms with Crippen LogP contribution in [0.5, 0.6) is 11.5 Å². The Hall–Kier alpha value is -4.38. The fourth-order valence-corrected chi connectivity index (χ4v) is 4.12. The van der Waals surface area contributed by atoms with E-state index in [1.165, 1.54) is 35.6 Å². The quantitative estimate of drug-likeness (QED) is 0.207. The summed E-state index contributed by atoms with van der Waals surface area (Å²) < 4.78 is 10.8. The Balaban J connectivity index is 1.62. The first-order valence-corrected chi connectivity index (χ1v) is 11.3. The fourth-order valence-electron chi connectivity index (χ4n) is 3.19. The lowest BCUT2D eigenvalue weighted by atomic mass is 10.2. The number of carbonyl (C=O) groups excluding carboxylic acids is 1. The predicted octanol–water partition coefficient (Wildman–Crippen LogP) is 4.80. The van der Waals surface area contributed by atoms with E-state index in [0.717, 1.165) is 11.8 Å². The summed E-state index contributed by atoms with van der Waals surface area (Å²) in [4.78, 5) is 25.5. The van der Waals surface area contributed by atoms with Gasteiger partial charge >= 0.3 is 0 Å². The van der Waals surface area contributed by atoms with Crippen molar-refractivity contribution in [3.05, 3.63) is 92.8 Å². The molecule has 4 rings (SSSR count). The summed E-state index contributed by atoms with van der Waals surface area (Å²) in [5.74, 6) is 0.609. The number of thioether (sulfide) groups is 1. The standard InChI is InChI=1S/C24H20N4O6S/c1-2-33-21-12-16(8-9-20(21)29)13-22-23(30)27(15-19-7-4-10-34-19)24(35-22)26-25-14-17-5-3-6-18(11-17)28(31)32/h3-14,29H,2,15H2,1H3/b22-13-,25-14-,26-24+.